The highest BCUT2D eigenvalue weighted by Gasteiger charge is 2.39. The van der Waals surface area contributed by atoms with E-state index >= 15 is 0 Å². The molecule has 2 heterocycles. The van der Waals surface area contributed by atoms with Crippen molar-refractivity contribution in [3.8, 4) is 0 Å². The SMILES string of the molecule is O=C(C1CCCCO1)N1CCN(Cc2cccc(N(S(=O)(=O)c3ccccc3Cl)S(=O)(=O)c3ccccc3Cl)c2)CC1. The number of ether oxygens (including phenoxy) is 1. The van der Waals surface area contributed by atoms with Gasteiger partial charge in [0.15, 0.2) is 0 Å². The van der Waals surface area contributed by atoms with E-state index in [2.05, 4.69) is 4.90 Å². The summed E-state index contributed by atoms with van der Waals surface area (Å²) in [5.41, 5.74) is 0.632. The van der Waals surface area contributed by atoms with Crippen molar-refractivity contribution in [3.63, 3.8) is 0 Å². The minimum Gasteiger partial charge on any atom is -0.368 e. The maximum absolute atomic E-state index is 14.0. The summed E-state index contributed by atoms with van der Waals surface area (Å²) in [6.45, 7) is 3.37. The monoisotopic (exact) mass is 651 g/mol. The third kappa shape index (κ3) is 6.46. The Bertz CT molecular complexity index is 1580. The Morgan fingerprint density at radius 3 is 1.95 bits per heavy atom. The summed E-state index contributed by atoms with van der Waals surface area (Å²) in [5.74, 6) is 0.0292. The van der Waals surface area contributed by atoms with Crippen molar-refractivity contribution in [1.29, 1.82) is 0 Å². The molecule has 1 amide bonds. The molecule has 0 bridgehead atoms. The third-order valence-electron chi connectivity index (χ3n) is 7.33. The Hall–Kier alpha value is -2.67. The summed E-state index contributed by atoms with van der Waals surface area (Å²) in [7, 11) is -9.40. The number of carbonyl (C=O) groups excluding carboxylic acids is 1. The molecular weight excluding hydrogens is 621 g/mol. The Kier molecular flexibility index (Phi) is 9.46. The third-order valence-corrected chi connectivity index (χ3v) is 12.5. The molecule has 0 N–H and O–H groups in total. The Morgan fingerprint density at radius 2 is 1.40 bits per heavy atom. The Balaban J connectivity index is 1.42. The molecule has 9 nitrogen and oxygen atoms in total. The number of halogens is 2. The minimum absolute atomic E-state index is 0.0292. The van der Waals surface area contributed by atoms with Gasteiger partial charge in [0.2, 0.25) is 0 Å². The maximum atomic E-state index is 14.0. The molecular formula is C29H31Cl2N3O6S2. The highest BCUT2D eigenvalue weighted by Crippen LogP contribution is 2.36. The molecule has 2 saturated heterocycles. The van der Waals surface area contributed by atoms with Gasteiger partial charge in [-0.25, -0.2) is 0 Å². The molecule has 224 valence electrons. The fraction of sp³-hybridized carbons (Fsp3) is 0.345. The molecule has 3 aromatic carbocycles. The summed E-state index contributed by atoms with van der Waals surface area (Å²) in [5, 5.41) is -0.224. The van der Waals surface area contributed by atoms with Crippen LogP contribution in [0.1, 0.15) is 24.8 Å². The molecule has 2 aliphatic rings. The smallest absolute Gasteiger partial charge is 0.279 e. The molecule has 0 aromatic heterocycles. The van der Waals surface area contributed by atoms with Gasteiger partial charge in [0.1, 0.15) is 15.9 Å². The zero-order valence-electron chi connectivity index (χ0n) is 22.7. The topological polar surface area (TPSA) is 104 Å². The van der Waals surface area contributed by atoms with Crippen molar-refractivity contribution in [2.45, 2.75) is 41.7 Å². The highest BCUT2D eigenvalue weighted by atomic mass is 35.5. The van der Waals surface area contributed by atoms with Crippen LogP contribution in [0.3, 0.4) is 0 Å². The van der Waals surface area contributed by atoms with E-state index in [1.54, 1.807) is 24.3 Å². The molecule has 1 atom stereocenters. The van der Waals surface area contributed by atoms with Gasteiger partial charge in [0, 0.05) is 39.3 Å². The van der Waals surface area contributed by atoms with Gasteiger partial charge in [0.25, 0.3) is 26.0 Å². The second kappa shape index (κ2) is 12.9. The number of piperazine rings is 1. The zero-order valence-corrected chi connectivity index (χ0v) is 25.9. The second-order valence-electron chi connectivity index (χ2n) is 10.2. The summed E-state index contributed by atoms with van der Waals surface area (Å²) in [6.07, 6.45) is 2.35. The number of hydrogen-bond donors (Lipinski definition) is 0. The van der Waals surface area contributed by atoms with Gasteiger partial charge in [-0.3, -0.25) is 9.69 Å². The Labute approximate surface area is 256 Å². The molecule has 1 unspecified atom stereocenters. The number of carbonyl (C=O) groups is 1. The van der Waals surface area contributed by atoms with Crippen LogP contribution in [0.15, 0.2) is 82.6 Å². The largest absolute Gasteiger partial charge is 0.368 e. The average molecular weight is 653 g/mol. The van der Waals surface area contributed by atoms with Gasteiger partial charge >= 0.3 is 0 Å². The summed E-state index contributed by atoms with van der Waals surface area (Å²) >= 11 is 12.5. The minimum atomic E-state index is -4.70. The first kappa shape index (κ1) is 30.8. The van der Waals surface area contributed by atoms with Crippen LogP contribution in [0.5, 0.6) is 0 Å². The molecule has 42 heavy (non-hydrogen) atoms. The normalized spacial score (nSPS) is 18.5. The molecule has 3 aromatic rings. The lowest BCUT2D eigenvalue weighted by atomic mass is 10.1. The molecule has 0 radical (unpaired) electrons. The quantitative estimate of drug-likeness (QED) is 0.345. The van der Waals surface area contributed by atoms with E-state index in [1.807, 2.05) is 4.90 Å². The van der Waals surface area contributed by atoms with Crippen molar-refractivity contribution < 1.29 is 26.4 Å². The van der Waals surface area contributed by atoms with Gasteiger partial charge in [-0.15, -0.1) is 0 Å². The summed E-state index contributed by atoms with van der Waals surface area (Å²) in [4.78, 5) is 16.1. The predicted molar refractivity (Wildman–Crippen MR) is 162 cm³/mol. The number of benzene rings is 3. The van der Waals surface area contributed by atoms with Crippen molar-refractivity contribution in [2.24, 2.45) is 0 Å². The van der Waals surface area contributed by atoms with Crippen molar-refractivity contribution >= 4 is 54.8 Å². The van der Waals surface area contributed by atoms with Gasteiger partial charge < -0.3 is 9.64 Å². The second-order valence-corrected chi connectivity index (χ2v) is 14.8. The van der Waals surface area contributed by atoms with Crippen LogP contribution in [0.2, 0.25) is 10.0 Å². The Morgan fingerprint density at radius 1 is 0.810 bits per heavy atom. The first-order valence-electron chi connectivity index (χ1n) is 13.6. The van der Waals surface area contributed by atoms with Gasteiger partial charge in [-0.05, 0) is 61.2 Å². The standard InChI is InChI=1S/C29H31Cl2N3O6S2/c30-24-10-1-3-13-27(24)41(36,37)34(42(38,39)28-14-4-2-11-25(28)31)23-9-7-8-22(20-23)21-32-15-17-33(18-16-32)29(35)26-12-5-6-19-40-26/h1-4,7-11,13-14,20,26H,5-6,12,15-19,21H2. The van der Waals surface area contributed by atoms with Crippen molar-refractivity contribution in [1.82, 2.24) is 9.80 Å². The van der Waals surface area contributed by atoms with E-state index in [0.29, 0.717) is 48.6 Å². The zero-order chi connectivity index (χ0) is 29.9. The fourth-order valence-corrected chi connectivity index (χ4v) is 9.83. The van der Waals surface area contributed by atoms with Gasteiger partial charge in [0.05, 0.1) is 15.7 Å². The van der Waals surface area contributed by atoms with Crippen molar-refractivity contribution in [3.05, 3.63) is 88.4 Å². The van der Waals surface area contributed by atoms with Crippen LogP contribution in [0, 0.1) is 0 Å². The van der Waals surface area contributed by atoms with Crippen LogP contribution in [0.25, 0.3) is 0 Å². The molecule has 5 rings (SSSR count). The van der Waals surface area contributed by atoms with E-state index < -0.39 is 20.0 Å². The number of rotatable bonds is 8. The van der Waals surface area contributed by atoms with Gasteiger partial charge in [-0.2, -0.15) is 20.5 Å². The molecule has 13 heteroatoms. The maximum Gasteiger partial charge on any atom is 0.279 e. The number of sulfonamides is 2. The lowest BCUT2D eigenvalue weighted by molar-refractivity contribution is -0.148. The van der Waals surface area contributed by atoms with Crippen LogP contribution in [-0.2, 0) is 36.1 Å². The average Bonchev–Trinajstić information content (AvgIpc) is 2.98. The predicted octanol–water partition coefficient (Wildman–Crippen LogP) is 4.79. The van der Waals surface area contributed by atoms with Gasteiger partial charge in [-0.1, -0.05) is 59.6 Å². The van der Waals surface area contributed by atoms with E-state index in [0.717, 1.165) is 19.3 Å². The highest BCUT2D eigenvalue weighted by molar-refractivity contribution is 8.10. The fourth-order valence-electron chi connectivity index (χ4n) is 5.19. The van der Waals surface area contributed by atoms with Crippen LogP contribution in [-0.4, -0.2) is 71.4 Å². The van der Waals surface area contributed by atoms with Crippen LogP contribution < -0.4 is 3.71 Å². The van der Waals surface area contributed by atoms with E-state index in [9.17, 15) is 21.6 Å². The molecule has 0 saturated carbocycles. The number of amides is 1. The van der Waals surface area contributed by atoms with Crippen LogP contribution >= 0.6 is 23.2 Å². The summed E-state index contributed by atoms with van der Waals surface area (Å²) in [6, 6.07) is 17.7. The summed E-state index contributed by atoms with van der Waals surface area (Å²) < 4.78 is 62.0. The van der Waals surface area contributed by atoms with E-state index in [1.165, 1.54) is 48.5 Å². The lowest BCUT2D eigenvalue weighted by Crippen LogP contribution is -2.52. The number of hydrogen-bond acceptors (Lipinski definition) is 7. The number of anilines is 1. The lowest BCUT2D eigenvalue weighted by Gasteiger charge is -2.37. The van der Waals surface area contributed by atoms with Crippen LogP contribution in [0.4, 0.5) is 5.69 Å². The molecule has 0 aliphatic carbocycles. The first-order chi connectivity index (χ1) is 20.1. The first-order valence-corrected chi connectivity index (χ1v) is 17.2. The van der Waals surface area contributed by atoms with E-state index in [-0.39, 0.29) is 37.5 Å². The van der Waals surface area contributed by atoms with Crippen molar-refractivity contribution in [2.75, 3.05) is 36.5 Å². The molecule has 2 fully saturated rings. The number of nitrogens with zero attached hydrogens (tertiary/aromatic N) is 3. The van der Waals surface area contributed by atoms with E-state index in [4.69, 9.17) is 27.9 Å². The molecule has 0 spiro atoms. The molecule has 2 aliphatic heterocycles.